The molecule has 2 aromatic heterocycles. The van der Waals surface area contributed by atoms with E-state index in [1.165, 1.54) is 23.5 Å². The Kier molecular flexibility index (Phi) is 8.46. The summed E-state index contributed by atoms with van der Waals surface area (Å²) in [4.78, 5) is 20.7. The van der Waals surface area contributed by atoms with E-state index in [1.54, 1.807) is 0 Å². The predicted molar refractivity (Wildman–Crippen MR) is 134 cm³/mol. The SMILES string of the molecule is O=c1[nH]c(-c2ccc(OCc3sc(C4CCC(C(F)(F)F)CC4)nc3CN3CCC(C(F)(F)F)CC3)cc2F)no1. The first-order valence-corrected chi connectivity index (χ1v) is 14.0. The second-order valence-electron chi connectivity index (χ2n) is 10.5. The predicted octanol–water partition coefficient (Wildman–Crippen LogP) is 6.81. The lowest BCUT2D eigenvalue weighted by atomic mass is 9.82. The van der Waals surface area contributed by atoms with Crippen molar-refractivity contribution < 1.29 is 40.0 Å². The van der Waals surface area contributed by atoms with Crippen LogP contribution in [0.5, 0.6) is 5.75 Å². The third-order valence-electron chi connectivity index (χ3n) is 7.76. The van der Waals surface area contributed by atoms with Gasteiger partial charge in [-0.1, -0.05) is 5.16 Å². The number of halogens is 7. The van der Waals surface area contributed by atoms with Gasteiger partial charge in [0.15, 0.2) is 5.82 Å². The first-order valence-electron chi connectivity index (χ1n) is 13.2. The number of aromatic amines is 1. The Hall–Kier alpha value is -2.94. The summed E-state index contributed by atoms with van der Waals surface area (Å²) in [7, 11) is 0. The van der Waals surface area contributed by atoms with Crippen molar-refractivity contribution in [3.05, 3.63) is 50.1 Å². The lowest BCUT2D eigenvalue weighted by Crippen LogP contribution is -2.38. The number of nitrogens with one attached hydrogen (secondary N) is 1. The van der Waals surface area contributed by atoms with Crippen LogP contribution in [0.4, 0.5) is 30.7 Å². The van der Waals surface area contributed by atoms with E-state index < -0.39 is 35.8 Å². The smallest absolute Gasteiger partial charge is 0.439 e. The highest BCUT2D eigenvalue weighted by Gasteiger charge is 2.43. The summed E-state index contributed by atoms with van der Waals surface area (Å²) in [6.07, 6.45) is -7.79. The summed E-state index contributed by atoms with van der Waals surface area (Å²) in [5.41, 5.74) is 0.603. The highest BCUT2D eigenvalue weighted by atomic mass is 32.1. The van der Waals surface area contributed by atoms with Crippen molar-refractivity contribution in [3.63, 3.8) is 0 Å². The van der Waals surface area contributed by atoms with E-state index in [9.17, 15) is 35.5 Å². The van der Waals surface area contributed by atoms with Gasteiger partial charge >= 0.3 is 18.1 Å². The Morgan fingerprint density at radius 3 is 2.24 bits per heavy atom. The highest BCUT2D eigenvalue weighted by Crippen LogP contribution is 2.44. The molecular weight excluding hydrogens is 581 g/mol. The molecule has 0 radical (unpaired) electrons. The van der Waals surface area contributed by atoms with E-state index in [2.05, 4.69) is 14.7 Å². The van der Waals surface area contributed by atoms with Crippen molar-refractivity contribution in [2.45, 2.75) is 69.9 Å². The minimum atomic E-state index is -4.23. The van der Waals surface area contributed by atoms with E-state index >= 15 is 0 Å². The molecule has 1 N–H and O–H groups in total. The molecule has 1 aliphatic heterocycles. The molecule has 2 fully saturated rings. The largest absolute Gasteiger partial charge is 0.488 e. The van der Waals surface area contributed by atoms with Gasteiger partial charge in [-0.3, -0.25) is 14.4 Å². The van der Waals surface area contributed by atoms with Crippen LogP contribution in [-0.2, 0) is 13.2 Å². The van der Waals surface area contributed by atoms with Crippen LogP contribution < -0.4 is 10.5 Å². The molecule has 0 atom stereocenters. The van der Waals surface area contributed by atoms with Gasteiger partial charge < -0.3 is 4.74 Å². The van der Waals surface area contributed by atoms with Gasteiger partial charge in [0, 0.05) is 18.5 Å². The van der Waals surface area contributed by atoms with E-state index in [-0.39, 0.29) is 75.0 Å². The third kappa shape index (κ3) is 7.11. The van der Waals surface area contributed by atoms with Gasteiger partial charge in [0.2, 0.25) is 0 Å². The molecule has 3 aromatic rings. The van der Waals surface area contributed by atoms with Crippen molar-refractivity contribution in [2.24, 2.45) is 11.8 Å². The summed E-state index contributed by atoms with van der Waals surface area (Å²) in [5.74, 6) is -4.27. The van der Waals surface area contributed by atoms with E-state index in [4.69, 9.17) is 9.72 Å². The van der Waals surface area contributed by atoms with E-state index in [0.717, 1.165) is 6.07 Å². The zero-order valence-corrected chi connectivity index (χ0v) is 22.5. The summed E-state index contributed by atoms with van der Waals surface area (Å²) in [6, 6.07) is 3.96. The normalized spacial score (nSPS) is 21.3. The average Bonchev–Trinajstić information content (AvgIpc) is 3.53. The second kappa shape index (κ2) is 11.7. The van der Waals surface area contributed by atoms with Crippen LogP contribution >= 0.6 is 11.3 Å². The number of aromatic nitrogens is 3. The van der Waals surface area contributed by atoms with Crippen molar-refractivity contribution in [2.75, 3.05) is 13.1 Å². The van der Waals surface area contributed by atoms with Crippen LogP contribution in [0, 0.1) is 17.7 Å². The molecule has 41 heavy (non-hydrogen) atoms. The van der Waals surface area contributed by atoms with Crippen molar-refractivity contribution >= 4 is 11.3 Å². The Morgan fingerprint density at radius 2 is 1.66 bits per heavy atom. The number of alkyl halides is 6. The van der Waals surface area contributed by atoms with Gasteiger partial charge in [-0.05, 0) is 63.7 Å². The highest BCUT2D eigenvalue weighted by molar-refractivity contribution is 7.11. The van der Waals surface area contributed by atoms with Crippen LogP contribution in [0.2, 0.25) is 0 Å². The molecule has 0 amide bonds. The summed E-state index contributed by atoms with van der Waals surface area (Å²) in [5, 5.41) is 4.14. The summed E-state index contributed by atoms with van der Waals surface area (Å²) in [6.45, 7) is 0.754. The van der Waals surface area contributed by atoms with Crippen LogP contribution in [0.15, 0.2) is 27.5 Å². The number of thiazole rings is 1. The number of benzene rings is 1. The van der Waals surface area contributed by atoms with Gasteiger partial charge in [-0.15, -0.1) is 11.3 Å². The standard InChI is InChI=1S/C26H27F7N4O3S/c27-19-11-17(5-6-18(19)22-35-24(38)40-36-22)39-13-21-20(12-37-9-7-16(8-10-37)26(31,32)33)34-23(41-21)14-1-3-15(4-2-14)25(28,29)30/h5-6,11,14-16H,1-4,7-10,12-13H2,(H,35,36,38). The molecule has 1 saturated heterocycles. The first-order chi connectivity index (χ1) is 19.4. The molecular formula is C26H27F7N4O3S. The van der Waals surface area contributed by atoms with E-state index in [1.807, 2.05) is 4.90 Å². The molecule has 0 bridgehead atoms. The molecule has 1 aromatic carbocycles. The first kappa shape index (κ1) is 29.5. The number of nitrogens with zero attached hydrogens (tertiary/aromatic N) is 3. The molecule has 1 aliphatic carbocycles. The van der Waals surface area contributed by atoms with Crippen molar-refractivity contribution in [3.8, 4) is 17.1 Å². The number of likely N-dealkylation sites (tertiary alicyclic amines) is 1. The molecule has 3 heterocycles. The Bertz CT molecular complexity index is 1380. The fraction of sp³-hybridized carbons (Fsp3) is 0.577. The quantitative estimate of drug-likeness (QED) is 0.297. The minimum Gasteiger partial charge on any atom is -0.488 e. The number of hydrogen-bond donors (Lipinski definition) is 1. The number of hydrogen-bond acceptors (Lipinski definition) is 7. The monoisotopic (exact) mass is 608 g/mol. The number of H-pyrrole nitrogens is 1. The van der Waals surface area contributed by atoms with Crippen molar-refractivity contribution in [1.29, 1.82) is 0 Å². The maximum absolute atomic E-state index is 14.7. The second-order valence-corrected chi connectivity index (χ2v) is 11.6. The molecule has 5 rings (SSSR count). The van der Waals surface area contributed by atoms with Gasteiger partial charge in [-0.2, -0.15) is 26.3 Å². The summed E-state index contributed by atoms with van der Waals surface area (Å²) < 4.78 is 104. The van der Waals surface area contributed by atoms with Gasteiger partial charge in [0.25, 0.3) is 0 Å². The van der Waals surface area contributed by atoms with E-state index in [0.29, 0.717) is 28.4 Å². The average molecular weight is 609 g/mol. The topological polar surface area (TPSA) is 84.3 Å². The lowest BCUT2D eigenvalue weighted by Gasteiger charge is -2.32. The maximum Gasteiger partial charge on any atom is 0.439 e. The molecule has 1 saturated carbocycles. The zero-order chi connectivity index (χ0) is 29.4. The van der Waals surface area contributed by atoms with Gasteiger partial charge in [0.1, 0.15) is 18.2 Å². The molecule has 15 heteroatoms. The van der Waals surface area contributed by atoms with Crippen LogP contribution in [-0.4, -0.2) is 45.5 Å². The van der Waals surface area contributed by atoms with Crippen molar-refractivity contribution in [1.82, 2.24) is 20.0 Å². The number of rotatable bonds is 7. The fourth-order valence-corrected chi connectivity index (χ4v) is 6.54. The molecule has 2 aliphatic rings. The summed E-state index contributed by atoms with van der Waals surface area (Å²) >= 11 is 1.31. The fourth-order valence-electron chi connectivity index (χ4n) is 5.38. The number of ether oxygens (including phenoxy) is 1. The van der Waals surface area contributed by atoms with Gasteiger partial charge in [0.05, 0.1) is 33.0 Å². The number of piperidine rings is 1. The van der Waals surface area contributed by atoms with Gasteiger partial charge in [-0.25, -0.2) is 14.2 Å². The molecule has 0 spiro atoms. The molecule has 7 nitrogen and oxygen atoms in total. The lowest BCUT2D eigenvalue weighted by molar-refractivity contribution is -0.185. The minimum absolute atomic E-state index is 0.000634. The third-order valence-corrected chi connectivity index (χ3v) is 9.00. The van der Waals surface area contributed by atoms with Crippen LogP contribution in [0.25, 0.3) is 11.4 Å². The molecule has 224 valence electrons. The maximum atomic E-state index is 14.7. The van der Waals surface area contributed by atoms with Crippen LogP contribution in [0.1, 0.15) is 60.0 Å². The Labute approximate surface area is 233 Å². The Morgan fingerprint density at radius 1 is 1.00 bits per heavy atom. The zero-order valence-electron chi connectivity index (χ0n) is 21.7. The Balaban J connectivity index is 1.30. The van der Waals surface area contributed by atoms with Crippen LogP contribution in [0.3, 0.4) is 0 Å². The molecule has 0 unspecified atom stereocenters.